The van der Waals surface area contributed by atoms with E-state index in [0.717, 1.165) is 5.01 Å². The molecule has 1 rings (SSSR count). The van der Waals surface area contributed by atoms with Gasteiger partial charge < -0.3 is 15.2 Å². The third-order valence-electron chi connectivity index (χ3n) is 2.25. The molecule has 2 amide bonds. The summed E-state index contributed by atoms with van der Waals surface area (Å²) in [7, 11) is 0. The lowest BCUT2D eigenvalue weighted by Crippen LogP contribution is -2.49. The fraction of sp³-hybridized carbons (Fsp3) is 0.429. The number of hydrazine groups is 1. The number of hydrogen-bond acceptors (Lipinski definition) is 5. The van der Waals surface area contributed by atoms with Crippen LogP contribution < -0.4 is 15.9 Å². The number of nitrogens with one attached hydrogen (secondary N) is 1. The van der Waals surface area contributed by atoms with Gasteiger partial charge in [-0.15, -0.1) is 0 Å². The van der Waals surface area contributed by atoms with Gasteiger partial charge in [0.25, 0.3) is 0 Å². The van der Waals surface area contributed by atoms with Crippen molar-refractivity contribution in [1.29, 1.82) is 0 Å². The molecular weight excluding hydrogens is 274 g/mol. The number of carbonyl (C=O) groups is 2. The van der Waals surface area contributed by atoms with Crippen LogP contribution in [0, 0.1) is 0 Å². The van der Waals surface area contributed by atoms with Crippen LogP contribution in [-0.2, 0) is 4.74 Å². The second-order valence-electron chi connectivity index (χ2n) is 5.29. The second-order valence-corrected chi connectivity index (χ2v) is 5.29. The Labute approximate surface area is 124 Å². The average molecular weight is 295 g/mol. The molecule has 0 bridgehead atoms. The molecule has 7 nitrogen and oxygen atoms in total. The topological polar surface area (TPSA) is 93.9 Å². The maximum absolute atomic E-state index is 11.8. The number of hydrogen-bond donors (Lipinski definition) is 2. The molecule has 0 saturated heterocycles. The third kappa shape index (κ3) is 6.03. The van der Waals surface area contributed by atoms with Crippen molar-refractivity contribution in [3.8, 4) is 5.75 Å². The quantitative estimate of drug-likeness (QED) is 0.646. The minimum Gasteiger partial charge on any atom is -0.442 e. The van der Waals surface area contributed by atoms with Gasteiger partial charge in [-0.2, -0.15) is 0 Å². The first-order valence-electron chi connectivity index (χ1n) is 6.56. The highest BCUT2D eigenvalue weighted by atomic mass is 16.6. The molecule has 0 fully saturated rings. The van der Waals surface area contributed by atoms with Crippen molar-refractivity contribution in [2.24, 2.45) is 0 Å². The zero-order chi connectivity index (χ0) is 16.0. The lowest BCUT2D eigenvalue weighted by molar-refractivity contribution is 0.0161. The summed E-state index contributed by atoms with van der Waals surface area (Å²) < 4.78 is 10.2. The molecule has 0 heterocycles. The van der Waals surface area contributed by atoms with Gasteiger partial charge in [0.05, 0.1) is 0 Å². The van der Waals surface area contributed by atoms with E-state index in [4.69, 9.17) is 15.2 Å². The summed E-state index contributed by atoms with van der Waals surface area (Å²) in [5.74, 6) is 0.321. The third-order valence-corrected chi connectivity index (χ3v) is 2.25. The van der Waals surface area contributed by atoms with Gasteiger partial charge >= 0.3 is 12.2 Å². The highest BCUT2D eigenvalue weighted by molar-refractivity contribution is 5.75. The number of nitrogens with two attached hydrogens (primary N) is 1. The molecule has 7 heteroatoms. The highest BCUT2D eigenvalue weighted by Crippen LogP contribution is 2.13. The summed E-state index contributed by atoms with van der Waals surface area (Å²) in [6.45, 7) is 7.17. The first-order valence-corrected chi connectivity index (χ1v) is 6.56. The van der Waals surface area contributed by atoms with Crippen LogP contribution in [0.4, 0.5) is 15.3 Å². The van der Waals surface area contributed by atoms with Crippen LogP contribution in [0.1, 0.15) is 27.7 Å². The van der Waals surface area contributed by atoms with E-state index in [1.165, 1.54) is 0 Å². The number of nitrogens with zero attached hydrogens (tertiary/aromatic N) is 1. The highest BCUT2D eigenvalue weighted by Gasteiger charge is 2.23. The molecule has 0 radical (unpaired) electrons. The molecule has 0 unspecified atom stereocenters. The van der Waals surface area contributed by atoms with Gasteiger partial charge in [-0.05, 0) is 52.0 Å². The molecule has 0 spiro atoms. The van der Waals surface area contributed by atoms with Crippen LogP contribution in [0.15, 0.2) is 24.3 Å². The largest absolute Gasteiger partial charge is 0.442 e. The minimum atomic E-state index is -0.785. The minimum absolute atomic E-state index is 0.242. The van der Waals surface area contributed by atoms with E-state index in [0.29, 0.717) is 11.4 Å². The molecule has 1 aromatic carbocycles. The van der Waals surface area contributed by atoms with Gasteiger partial charge in [-0.3, -0.25) is 0 Å². The number of carbonyl (C=O) groups excluding carboxylic acids is 2. The van der Waals surface area contributed by atoms with Crippen LogP contribution in [0.25, 0.3) is 0 Å². The van der Waals surface area contributed by atoms with Crippen molar-refractivity contribution < 1.29 is 19.1 Å². The van der Waals surface area contributed by atoms with E-state index < -0.39 is 17.8 Å². The summed E-state index contributed by atoms with van der Waals surface area (Å²) in [5, 5.41) is 1.03. The van der Waals surface area contributed by atoms with Crippen molar-refractivity contribution in [2.45, 2.75) is 33.3 Å². The summed E-state index contributed by atoms with van der Waals surface area (Å²) >= 11 is 0. The van der Waals surface area contributed by atoms with E-state index in [1.54, 1.807) is 52.0 Å². The molecule has 1 aromatic rings. The van der Waals surface area contributed by atoms with Gasteiger partial charge in [0.15, 0.2) is 0 Å². The second kappa shape index (κ2) is 6.83. The molecule has 116 valence electrons. The van der Waals surface area contributed by atoms with Crippen molar-refractivity contribution in [3.05, 3.63) is 24.3 Å². The standard InChI is InChI=1S/C14H21N3O4/c1-5-17(13(19)21-14(2,3)4)16-12(18)20-11-8-6-10(15)7-9-11/h6-9H,5,15H2,1-4H3,(H,16,18). The van der Waals surface area contributed by atoms with Crippen molar-refractivity contribution in [2.75, 3.05) is 12.3 Å². The van der Waals surface area contributed by atoms with Crippen LogP contribution in [0.3, 0.4) is 0 Å². The Hall–Kier alpha value is -2.44. The molecule has 3 N–H and O–H groups in total. The Morgan fingerprint density at radius 1 is 1.24 bits per heavy atom. The summed E-state index contributed by atoms with van der Waals surface area (Å²) in [4.78, 5) is 23.6. The summed E-state index contributed by atoms with van der Waals surface area (Å²) in [5.41, 5.74) is 7.77. The first-order chi connectivity index (χ1) is 9.71. The lowest BCUT2D eigenvalue weighted by Gasteiger charge is -2.26. The summed E-state index contributed by atoms with van der Waals surface area (Å²) in [6.07, 6.45) is -1.44. The van der Waals surface area contributed by atoms with Gasteiger partial charge in [0.2, 0.25) is 0 Å². The lowest BCUT2D eigenvalue weighted by atomic mass is 10.2. The zero-order valence-electron chi connectivity index (χ0n) is 12.7. The van der Waals surface area contributed by atoms with E-state index in [-0.39, 0.29) is 6.54 Å². The molecule has 0 atom stereocenters. The molecular formula is C14H21N3O4. The Balaban J connectivity index is 2.58. The number of benzene rings is 1. The summed E-state index contributed by atoms with van der Waals surface area (Å²) in [6, 6.07) is 6.32. The predicted molar refractivity (Wildman–Crippen MR) is 78.6 cm³/mol. The maximum Gasteiger partial charge on any atom is 0.431 e. The Kier molecular flexibility index (Phi) is 5.40. The van der Waals surface area contributed by atoms with Gasteiger partial charge in [0.1, 0.15) is 11.4 Å². The van der Waals surface area contributed by atoms with Crippen LogP contribution >= 0.6 is 0 Å². The number of nitrogen functional groups attached to an aromatic ring is 1. The van der Waals surface area contributed by atoms with E-state index in [2.05, 4.69) is 5.43 Å². The Morgan fingerprint density at radius 3 is 2.29 bits per heavy atom. The zero-order valence-corrected chi connectivity index (χ0v) is 12.7. The van der Waals surface area contributed by atoms with Crippen LogP contribution in [0.2, 0.25) is 0 Å². The van der Waals surface area contributed by atoms with Crippen molar-refractivity contribution >= 4 is 17.9 Å². The van der Waals surface area contributed by atoms with Crippen LogP contribution in [-0.4, -0.2) is 29.3 Å². The number of anilines is 1. The monoisotopic (exact) mass is 295 g/mol. The number of rotatable bonds is 2. The molecule has 0 aromatic heterocycles. The van der Waals surface area contributed by atoms with E-state index in [9.17, 15) is 9.59 Å². The fourth-order valence-corrected chi connectivity index (χ4v) is 1.35. The van der Waals surface area contributed by atoms with Gasteiger partial charge in [-0.1, -0.05) is 0 Å². The predicted octanol–water partition coefficient (Wildman–Crippen LogP) is 2.53. The maximum atomic E-state index is 11.8. The number of amides is 2. The molecule has 0 aliphatic carbocycles. The SMILES string of the molecule is CCN(NC(=O)Oc1ccc(N)cc1)C(=O)OC(C)(C)C. The first kappa shape index (κ1) is 16.6. The Bertz CT molecular complexity index is 494. The normalized spacial score (nSPS) is 10.7. The van der Waals surface area contributed by atoms with Crippen molar-refractivity contribution in [3.63, 3.8) is 0 Å². The van der Waals surface area contributed by atoms with Gasteiger partial charge in [0, 0.05) is 12.2 Å². The van der Waals surface area contributed by atoms with Crippen molar-refractivity contribution in [1.82, 2.24) is 10.4 Å². The number of ether oxygens (including phenoxy) is 2. The van der Waals surface area contributed by atoms with E-state index >= 15 is 0 Å². The van der Waals surface area contributed by atoms with Crippen LogP contribution in [0.5, 0.6) is 5.75 Å². The Morgan fingerprint density at radius 2 is 1.81 bits per heavy atom. The average Bonchev–Trinajstić information content (AvgIpc) is 2.36. The smallest absolute Gasteiger partial charge is 0.431 e. The molecule has 21 heavy (non-hydrogen) atoms. The molecule has 0 saturated carbocycles. The van der Waals surface area contributed by atoms with E-state index in [1.807, 2.05) is 0 Å². The molecule has 0 aliphatic rings. The molecule has 0 aliphatic heterocycles. The fourth-order valence-electron chi connectivity index (χ4n) is 1.35. The van der Waals surface area contributed by atoms with Gasteiger partial charge in [-0.25, -0.2) is 20.0 Å².